The summed E-state index contributed by atoms with van der Waals surface area (Å²) in [6.45, 7) is 4.00. The van der Waals surface area contributed by atoms with E-state index in [2.05, 4.69) is 10.1 Å². The van der Waals surface area contributed by atoms with E-state index in [0.717, 1.165) is 22.0 Å². The van der Waals surface area contributed by atoms with Crippen LogP contribution in [0.3, 0.4) is 0 Å². The Hall–Kier alpha value is -2.08. The first-order valence-electron chi connectivity index (χ1n) is 6.35. The second kappa shape index (κ2) is 6.38. The summed E-state index contributed by atoms with van der Waals surface area (Å²) in [4.78, 5) is 5.32. The highest BCUT2D eigenvalue weighted by atomic mass is 32.1. The summed E-state index contributed by atoms with van der Waals surface area (Å²) in [5, 5.41) is 4.85. The van der Waals surface area contributed by atoms with Gasteiger partial charge in [-0.2, -0.15) is 0 Å². The Balaban J connectivity index is 0.000000704. The number of hydrogen-bond donors (Lipinski definition) is 0. The maximum absolute atomic E-state index is 5.20. The van der Waals surface area contributed by atoms with E-state index in [-0.39, 0.29) is 0 Å². The first kappa shape index (κ1) is 14.3. The molecule has 2 aromatic heterocycles. The number of hydrogen-bond acceptors (Lipinski definition) is 5. The fourth-order valence-corrected chi connectivity index (χ4v) is 2.39. The van der Waals surface area contributed by atoms with Crippen LogP contribution in [0.4, 0.5) is 0 Å². The van der Waals surface area contributed by atoms with E-state index in [1.54, 1.807) is 18.7 Å². The van der Waals surface area contributed by atoms with Gasteiger partial charge in [-0.3, -0.25) is 0 Å². The van der Waals surface area contributed by atoms with Crippen molar-refractivity contribution in [1.82, 2.24) is 14.6 Å². The summed E-state index contributed by atoms with van der Waals surface area (Å²) in [6.07, 6.45) is 1.88. The number of benzene rings is 1. The van der Waals surface area contributed by atoms with Gasteiger partial charge in [0.05, 0.1) is 26.1 Å². The fourth-order valence-electron chi connectivity index (χ4n) is 1.69. The third-order valence-electron chi connectivity index (χ3n) is 2.56. The molecule has 106 valence electrons. The van der Waals surface area contributed by atoms with Crippen LogP contribution in [-0.4, -0.2) is 28.8 Å². The lowest BCUT2D eigenvalue weighted by Crippen LogP contribution is -1.85. The zero-order valence-electron chi connectivity index (χ0n) is 12.0. The predicted molar refractivity (Wildman–Crippen MR) is 80.8 cm³/mol. The van der Waals surface area contributed by atoms with E-state index in [9.17, 15) is 0 Å². The Morgan fingerprint density at radius 1 is 1.15 bits per heavy atom. The lowest BCUT2D eigenvalue weighted by molar-refractivity contribution is 0.405. The van der Waals surface area contributed by atoms with Gasteiger partial charge in [0.15, 0.2) is 0 Å². The van der Waals surface area contributed by atoms with Crippen molar-refractivity contribution in [3.63, 3.8) is 0 Å². The highest BCUT2D eigenvalue weighted by Crippen LogP contribution is 2.27. The quantitative estimate of drug-likeness (QED) is 0.741. The summed E-state index contributed by atoms with van der Waals surface area (Å²) in [7, 11) is 3.25. The molecule has 1 aromatic carbocycles. The van der Waals surface area contributed by atoms with Crippen molar-refractivity contribution in [3.8, 4) is 22.2 Å². The lowest BCUT2D eigenvalue weighted by atomic mass is 10.1. The normalized spacial score (nSPS) is 10.0. The minimum absolute atomic E-state index is 0.606. The molecular formula is C14H17N3O2S. The average molecular weight is 291 g/mol. The lowest BCUT2D eigenvalue weighted by Gasteiger charge is -2.01. The van der Waals surface area contributed by atoms with E-state index >= 15 is 0 Å². The largest absolute Gasteiger partial charge is 0.497 e. The number of ether oxygens (including phenoxy) is 2. The zero-order valence-corrected chi connectivity index (χ0v) is 12.8. The number of rotatable bonds is 3. The summed E-state index contributed by atoms with van der Waals surface area (Å²) in [5.74, 6) is 0.814. The minimum atomic E-state index is 0.606. The molecule has 0 saturated carbocycles. The molecule has 0 atom stereocenters. The van der Waals surface area contributed by atoms with E-state index in [4.69, 9.17) is 9.47 Å². The first-order valence-corrected chi connectivity index (χ1v) is 7.16. The van der Waals surface area contributed by atoms with Gasteiger partial charge in [-0.25, -0.2) is 9.50 Å². The standard InChI is InChI=1S/C12H11N3O2S.C2H6/c1-16-9-5-3-4-8(6-9)10-7-15-11(13-10)18-12(14-15)17-2;1-2/h3-7H,1-2H3;1-2H3. The SMILES string of the molecule is CC.COc1cccc(-c2cn3nc(OC)sc3n2)c1. The minimum Gasteiger partial charge on any atom is -0.497 e. The van der Waals surface area contributed by atoms with Crippen LogP contribution in [0.1, 0.15) is 13.8 Å². The van der Waals surface area contributed by atoms with Gasteiger partial charge in [0, 0.05) is 5.56 Å². The molecular weight excluding hydrogens is 274 g/mol. The third kappa shape index (κ3) is 2.75. The van der Waals surface area contributed by atoms with E-state index in [0.29, 0.717) is 5.19 Å². The second-order valence-electron chi connectivity index (χ2n) is 3.66. The zero-order chi connectivity index (χ0) is 14.5. The third-order valence-corrected chi connectivity index (χ3v) is 3.45. The van der Waals surface area contributed by atoms with Gasteiger partial charge >= 0.3 is 0 Å². The molecule has 0 bridgehead atoms. The van der Waals surface area contributed by atoms with E-state index < -0.39 is 0 Å². The van der Waals surface area contributed by atoms with Crippen LogP contribution in [0.2, 0.25) is 0 Å². The van der Waals surface area contributed by atoms with Crippen LogP contribution in [0.5, 0.6) is 10.9 Å². The van der Waals surface area contributed by atoms with Gasteiger partial charge in [-0.05, 0) is 23.5 Å². The van der Waals surface area contributed by atoms with Crippen molar-refractivity contribution in [2.75, 3.05) is 14.2 Å². The van der Waals surface area contributed by atoms with Gasteiger partial charge in [0.1, 0.15) is 5.75 Å². The monoisotopic (exact) mass is 291 g/mol. The van der Waals surface area contributed by atoms with Crippen molar-refractivity contribution < 1.29 is 9.47 Å². The number of methoxy groups -OCH3 is 2. The van der Waals surface area contributed by atoms with Gasteiger partial charge in [-0.1, -0.05) is 26.0 Å². The summed E-state index contributed by atoms with van der Waals surface area (Å²) >= 11 is 1.41. The van der Waals surface area contributed by atoms with Crippen molar-refractivity contribution in [2.45, 2.75) is 13.8 Å². The summed E-state index contributed by atoms with van der Waals surface area (Å²) < 4.78 is 12.0. The molecule has 0 radical (unpaired) electrons. The van der Waals surface area contributed by atoms with Crippen LogP contribution >= 0.6 is 11.3 Å². The average Bonchev–Trinajstić information content (AvgIpc) is 3.07. The molecule has 0 N–H and O–H groups in total. The van der Waals surface area contributed by atoms with Crippen molar-refractivity contribution in [1.29, 1.82) is 0 Å². The van der Waals surface area contributed by atoms with Crippen LogP contribution in [0.25, 0.3) is 16.2 Å². The molecule has 0 fully saturated rings. The Kier molecular flexibility index (Phi) is 4.57. The molecule has 5 nitrogen and oxygen atoms in total. The van der Waals surface area contributed by atoms with E-state index in [1.165, 1.54) is 11.3 Å². The van der Waals surface area contributed by atoms with Crippen LogP contribution in [-0.2, 0) is 0 Å². The van der Waals surface area contributed by atoms with Gasteiger partial charge in [0.25, 0.3) is 5.19 Å². The molecule has 6 heteroatoms. The Labute approximate surface area is 121 Å². The fraction of sp³-hybridized carbons (Fsp3) is 0.286. The molecule has 0 aliphatic heterocycles. The highest BCUT2D eigenvalue weighted by Gasteiger charge is 2.10. The van der Waals surface area contributed by atoms with E-state index in [1.807, 2.05) is 44.3 Å². The maximum atomic E-state index is 5.20. The summed E-state index contributed by atoms with van der Waals surface area (Å²) in [5.41, 5.74) is 1.88. The molecule has 0 aliphatic carbocycles. The van der Waals surface area contributed by atoms with Gasteiger partial charge < -0.3 is 9.47 Å². The molecule has 3 aromatic rings. The van der Waals surface area contributed by atoms with Crippen molar-refractivity contribution >= 4 is 16.3 Å². The number of aromatic nitrogens is 3. The molecule has 0 spiro atoms. The molecule has 0 aliphatic rings. The first-order chi connectivity index (χ1) is 9.80. The second-order valence-corrected chi connectivity index (χ2v) is 4.58. The summed E-state index contributed by atoms with van der Waals surface area (Å²) in [6, 6.07) is 7.79. The Morgan fingerprint density at radius 3 is 2.60 bits per heavy atom. The molecule has 0 saturated heterocycles. The van der Waals surface area contributed by atoms with Crippen molar-refractivity contribution in [3.05, 3.63) is 30.5 Å². The van der Waals surface area contributed by atoms with Gasteiger partial charge in [-0.15, -0.1) is 5.10 Å². The molecule has 0 unspecified atom stereocenters. The van der Waals surface area contributed by atoms with Gasteiger partial charge in [0.2, 0.25) is 4.96 Å². The smallest absolute Gasteiger partial charge is 0.294 e. The topological polar surface area (TPSA) is 48.7 Å². The predicted octanol–water partition coefficient (Wildman–Crippen LogP) is 3.50. The maximum Gasteiger partial charge on any atom is 0.294 e. The molecule has 0 amide bonds. The van der Waals surface area contributed by atoms with Crippen molar-refractivity contribution in [2.24, 2.45) is 0 Å². The number of fused-ring (bicyclic) bond motifs is 1. The Bertz CT molecular complexity index is 659. The number of imidazole rings is 1. The highest BCUT2D eigenvalue weighted by molar-refractivity contribution is 7.18. The molecule has 2 heterocycles. The number of nitrogens with zero attached hydrogens (tertiary/aromatic N) is 3. The van der Waals surface area contributed by atoms with Crippen LogP contribution in [0.15, 0.2) is 30.5 Å². The van der Waals surface area contributed by atoms with Crippen LogP contribution < -0.4 is 9.47 Å². The van der Waals surface area contributed by atoms with Crippen LogP contribution in [0, 0.1) is 0 Å². The molecule has 3 rings (SSSR count). The molecule has 20 heavy (non-hydrogen) atoms. The Morgan fingerprint density at radius 2 is 1.95 bits per heavy atom.